The van der Waals surface area contributed by atoms with Crippen LogP contribution in [-0.2, 0) is 7.05 Å². The summed E-state index contributed by atoms with van der Waals surface area (Å²) in [6, 6.07) is 16.1. The molecule has 3 aromatic rings. The topological polar surface area (TPSA) is 76.6 Å². The first-order valence-corrected chi connectivity index (χ1v) is 8.03. The Balaban J connectivity index is 1.98. The Morgan fingerprint density at radius 1 is 1.00 bits per heavy atom. The summed E-state index contributed by atoms with van der Waals surface area (Å²) in [4.78, 5) is 29.8. The van der Waals surface area contributed by atoms with Crippen molar-refractivity contribution in [2.24, 2.45) is 12.0 Å². The third-order valence-electron chi connectivity index (χ3n) is 4.34. The average Bonchev–Trinajstić information content (AvgIpc) is 3.08. The van der Waals surface area contributed by atoms with Gasteiger partial charge in [-0.15, -0.1) is 0 Å². The van der Waals surface area contributed by atoms with Gasteiger partial charge in [0.05, 0.1) is 11.4 Å². The highest BCUT2D eigenvalue weighted by Crippen LogP contribution is 2.32. The molecule has 2 heterocycles. The zero-order valence-corrected chi connectivity index (χ0v) is 14.0. The van der Waals surface area contributed by atoms with Gasteiger partial charge in [-0.25, -0.2) is 9.36 Å². The Hall–Kier alpha value is -3.67. The summed E-state index contributed by atoms with van der Waals surface area (Å²) in [6.07, 6.45) is 3.20. The quantitative estimate of drug-likeness (QED) is 0.775. The molecule has 128 valence electrons. The van der Waals surface area contributed by atoms with Crippen molar-refractivity contribution in [3.8, 4) is 11.6 Å². The lowest BCUT2D eigenvalue weighted by atomic mass is 10.1. The third kappa shape index (κ3) is 2.39. The Labute approximate surface area is 148 Å². The molecule has 0 saturated carbocycles. The first kappa shape index (κ1) is 15.8. The van der Waals surface area contributed by atoms with E-state index in [0.29, 0.717) is 11.3 Å². The summed E-state index contributed by atoms with van der Waals surface area (Å²) >= 11 is 0. The van der Waals surface area contributed by atoms with Gasteiger partial charge in [-0.2, -0.15) is 0 Å². The van der Waals surface area contributed by atoms with Crippen molar-refractivity contribution in [1.82, 2.24) is 9.13 Å². The Kier molecular flexibility index (Phi) is 3.65. The van der Waals surface area contributed by atoms with Gasteiger partial charge >= 0.3 is 5.69 Å². The third-order valence-corrected chi connectivity index (χ3v) is 4.34. The van der Waals surface area contributed by atoms with Crippen LogP contribution < -0.4 is 11.2 Å². The van der Waals surface area contributed by atoms with Crippen molar-refractivity contribution >= 4 is 23.6 Å². The highest BCUT2D eigenvalue weighted by Gasteiger charge is 2.19. The van der Waals surface area contributed by atoms with Crippen molar-refractivity contribution in [3.63, 3.8) is 0 Å². The van der Waals surface area contributed by atoms with E-state index in [1.165, 1.54) is 7.05 Å². The van der Waals surface area contributed by atoms with Gasteiger partial charge in [-0.05, 0) is 24.3 Å². The normalized spacial score (nSPS) is 14.0. The zero-order chi connectivity index (χ0) is 18.3. The maximum Gasteiger partial charge on any atom is 0.338 e. The predicted molar refractivity (Wildman–Crippen MR) is 101 cm³/mol. The number of para-hydroxylation sites is 2. The lowest BCUT2D eigenvalue weighted by Gasteiger charge is -2.11. The Morgan fingerprint density at radius 2 is 1.69 bits per heavy atom. The van der Waals surface area contributed by atoms with Crippen LogP contribution in [0.25, 0.3) is 17.3 Å². The van der Waals surface area contributed by atoms with Gasteiger partial charge in [-0.1, -0.05) is 36.4 Å². The van der Waals surface area contributed by atoms with Gasteiger partial charge < -0.3 is 5.11 Å². The molecule has 6 nitrogen and oxygen atoms in total. The summed E-state index contributed by atoms with van der Waals surface area (Å²) in [5.74, 6) is -0.377. The molecule has 6 heteroatoms. The van der Waals surface area contributed by atoms with Gasteiger partial charge in [0, 0.05) is 24.4 Å². The summed E-state index contributed by atoms with van der Waals surface area (Å²) in [5.41, 5.74) is 1.65. The molecule has 0 aliphatic carbocycles. The van der Waals surface area contributed by atoms with E-state index in [4.69, 9.17) is 0 Å². The second kappa shape index (κ2) is 6.00. The van der Waals surface area contributed by atoms with E-state index < -0.39 is 11.2 Å². The van der Waals surface area contributed by atoms with Gasteiger partial charge in [0.25, 0.3) is 5.56 Å². The molecular formula is C20H15N3O3. The lowest BCUT2D eigenvalue weighted by Crippen LogP contribution is -2.38. The lowest BCUT2D eigenvalue weighted by molar-refractivity contribution is 0.413. The van der Waals surface area contributed by atoms with Crippen LogP contribution in [0.3, 0.4) is 0 Å². The van der Waals surface area contributed by atoms with Crippen LogP contribution in [0.2, 0.25) is 0 Å². The van der Waals surface area contributed by atoms with E-state index in [-0.39, 0.29) is 11.4 Å². The maximum absolute atomic E-state index is 13.0. The predicted octanol–water partition coefficient (Wildman–Crippen LogP) is 2.50. The van der Waals surface area contributed by atoms with E-state index in [2.05, 4.69) is 4.99 Å². The van der Waals surface area contributed by atoms with Crippen LogP contribution in [0.4, 0.5) is 5.69 Å². The van der Waals surface area contributed by atoms with Crippen LogP contribution in [0.5, 0.6) is 5.88 Å². The largest absolute Gasteiger partial charge is 0.494 e. The number of hydrogen-bond acceptors (Lipinski definition) is 4. The summed E-state index contributed by atoms with van der Waals surface area (Å²) < 4.78 is 2.10. The molecule has 1 aliphatic heterocycles. The second-order valence-electron chi connectivity index (χ2n) is 5.93. The van der Waals surface area contributed by atoms with Gasteiger partial charge in [0.2, 0.25) is 5.88 Å². The van der Waals surface area contributed by atoms with Crippen molar-refractivity contribution in [2.75, 3.05) is 0 Å². The average molecular weight is 345 g/mol. The number of benzene rings is 2. The second-order valence-corrected chi connectivity index (χ2v) is 5.93. The number of aliphatic imine (C=N–C) groups is 1. The van der Waals surface area contributed by atoms with Gasteiger partial charge in [0.1, 0.15) is 5.56 Å². The first-order valence-electron chi connectivity index (χ1n) is 8.03. The number of allylic oxidation sites excluding steroid dienone is 1. The van der Waals surface area contributed by atoms with Gasteiger partial charge in [-0.3, -0.25) is 14.4 Å². The molecule has 0 fully saturated rings. The summed E-state index contributed by atoms with van der Waals surface area (Å²) in [5, 5.41) is 10.4. The molecule has 1 aliphatic rings. The van der Waals surface area contributed by atoms with E-state index in [1.807, 2.05) is 24.3 Å². The molecule has 0 radical (unpaired) electrons. The van der Waals surface area contributed by atoms with Crippen LogP contribution in [0.1, 0.15) is 11.1 Å². The summed E-state index contributed by atoms with van der Waals surface area (Å²) in [7, 11) is 1.43. The fourth-order valence-electron chi connectivity index (χ4n) is 2.96. The number of nitrogens with zero attached hydrogens (tertiary/aromatic N) is 3. The van der Waals surface area contributed by atoms with Gasteiger partial charge in [0.15, 0.2) is 0 Å². The van der Waals surface area contributed by atoms with E-state index in [0.717, 1.165) is 20.4 Å². The molecule has 0 saturated heterocycles. The molecule has 0 atom stereocenters. The number of aromatic hydroxyl groups is 1. The molecular weight excluding hydrogens is 330 g/mol. The fourth-order valence-corrected chi connectivity index (χ4v) is 2.96. The minimum Gasteiger partial charge on any atom is -0.494 e. The minimum atomic E-state index is -0.610. The van der Waals surface area contributed by atoms with Crippen LogP contribution >= 0.6 is 0 Å². The number of rotatable bonds is 2. The SMILES string of the molecule is Cn1c(O)c(/C=C2\C=Nc3ccccc32)c(=O)n(-c2ccccc2)c1=O. The summed E-state index contributed by atoms with van der Waals surface area (Å²) in [6.45, 7) is 0. The van der Waals surface area contributed by atoms with Crippen molar-refractivity contribution in [3.05, 3.63) is 86.6 Å². The van der Waals surface area contributed by atoms with E-state index in [1.54, 1.807) is 42.6 Å². The first-order chi connectivity index (χ1) is 12.6. The van der Waals surface area contributed by atoms with Crippen LogP contribution in [-0.4, -0.2) is 20.5 Å². The maximum atomic E-state index is 13.0. The van der Waals surface area contributed by atoms with E-state index >= 15 is 0 Å². The molecule has 1 N–H and O–H groups in total. The standard InChI is InChI=1S/C20H15N3O3/c1-22-18(24)16(11-13-12-21-17-10-6-5-9-15(13)17)19(25)23(20(22)26)14-7-3-2-4-8-14/h2-12,24H,1H3/b13-11+. The highest BCUT2D eigenvalue weighted by molar-refractivity contribution is 6.21. The zero-order valence-electron chi connectivity index (χ0n) is 14.0. The van der Waals surface area contributed by atoms with Crippen molar-refractivity contribution in [1.29, 1.82) is 0 Å². The smallest absolute Gasteiger partial charge is 0.338 e. The molecule has 0 unspecified atom stereocenters. The monoisotopic (exact) mass is 345 g/mol. The molecule has 0 spiro atoms. The van der Waals surface area contributed by atoms with Crippen LogP contribution in [0, 0.1) is 0 Å². The van der Waals surface area contributed by atoms with Crippen molar-refractivity contribution < 1.29 is 5.11 Å². The number of fused-ring (bicyclic) bond motifs is 1. The number of hydrogen-bond donors (Lipinski definition) is 1. The molecule has 26 heavy (non-hydrogen) atoms. The Bertz CT molecular complexity index is 1190. The molecule has 4 rings (SSSR count). The fraction of sp³-hybridized carbons (Fsp3) is 0.0500. The molecule has 0 bridgehead atoms. The molecule has 0 amide bonds. The van der Waals surface area contributed by atoms with Crippen molar-refractivity contribution in [2.45, 2.75) is 0 Å². The van der Waals surface area contributed by atoms with Crippen LogP contribution in [0.15, 0.2) is 69.2 Å². The van der Waals surface area contributed by atoms with E-state index in [9.17, 15) is 14.7 Å². The number of aromatic nitrogens is 2. The molecule has 1 aromatic heterocycles. The molecule has 2 aromatic carbocycles. The highest BCUT2D eigenvalue weighted by atomic mass is 16.3. The Morgan fingerprint density at radius 3 is 2.46 bits per heavy atom. The minimum absolute atomic E-state index is 0.0362.